The monoisotopic (exact) mass is 552 g/mol. The molecule has 2 saturated heterocycles. The van der Waals surface area contributed by atoms with Crippen LogP contribution in [0.15, 0.2) is 0 Å². The van der Waals surface area contributed by atoms with Crippen molar-refractivity contribution in [2.45, 2.75) is 98.7 Å². The lowest BCUT2D eigenvalue weighted by Gasteiger charge is -2.53. The first kappa shape index (κ1) is 32.0. The van der Waals surface area contributed by atoms with Gasteiger partial charge in [0.25, 0.3) is 0 Å². The van der Waals surface area contributed by atoms with Crippen LogP contribution >= 0.6 is 0 Å². The SMILES string of the molecule is N[C@H]1[C@H](O)[C@@H](CO)OC(C2[C@@H](O)C([C@@H]3CCC[C@@H](CNCC(O)CO)O3)[C@@H](N)C[C@H]2NC(CO)CO)[C@@H]1O. The summed E-state index contributed by atoms with van der Waals surface area (Å²) in [5.74, 6) is -1.36. The summed E-state index contributed by atoms with van der Waals surface area (Å²) >= 11 is 0. The van der Waals surface area contributed by atoms with Gasteiger partial charge < -0.3 is 72.4 Å². The van der Waals surface area contributed by atoms with Gasteiger partial charge in [0.05, 0.1) is 75.1 Å². The van der Waals surface area contributed by atoms with Crippen LogP contribution in [0, 0.1) is 11.8 Å². The molecule has 1 saturated carbocycles. The van der Waals surface area contributed by atoms with Gasteiger partial charge in [-0.2, -0.15) is 0 Å². The Labute approximate surface area is 222 Å². The van der Waals surface area contributed by atoms with Crippen molar-refractivity contribution in [3.8, 4) is 0 Å². The van der Waals surface area contributed by atoms with Crippen LogP contribution in [-0.2, 0) is 9.47 Å². The van der Waals surface area contributed by atoms with Gasteiger partial charge in [-0.3, -0.25) is 0 Å². The van der Waals surface area contributed by atoms with Crippen molar-refractivity contribution in [1.82, 2.24) is 10.6 Å². The van der Waals surface area contributed by atoms with Gasteiger partial charge in [-0.25, -0.2) is 0 Å². The molecule has 13 atom stereocenters. The number of aliphatic hydroxyl groups excluding tert-OH is 8. The first-order valence-corrected chi connectivity index (χ1v) is 13.6. The Balaban J connectivity index is 1.81. The van der Waals surface area contributed by atoms with Crippen LogP contribution in [0.1, 0.15) is 25.7 Å². The highest BCUT2D eigenvalue weighted by Gasteiger charge is 2.55. The summed E-state index contributed by atoms with van der Waals surface area (Å²) in [5.41, 5.74) is 12.7. The summed E-state index contributed by atoms with van der Waals surface area (Å²) in [6.07, 6.45) is -4.89. The first-order chi connectivity index (χ1) is 18.2. The average molecular weight is 553 g/mol. The van der Waals surface area contributed by atoms with E-state index in [4.69, 9.17) is 26.0 Å². The molecular weight excluding hydrogens is 504 g/mol. The number of ether oxygens (including phenoxy) is 2. The van der Waals surface area contributed by atoms with E-state index in [9.17, 15) is 35.7 Å². The number of rotatable bonds is 12. The molecule has 14 N–H and O–H groups in total. The normalized spacial score (nSPS) is 43.3. The standard InChI is InChI=1S/C24H48N4O10/c25-14-4-15(28-11(7-29)8-30)19(24-23(36)20(26)21(34)17(10-32)38-24)22(35)18(14)16-3-1-2-13(37-16)6-27-5-12(33)9-31/h11-24,27-36H,1-10,25-26H2/t12?,13-,14-,15+,16-,17+,18?,19?,20-,21+,22-,23+,24?/m0/s1. The molecule has 0 aromatic carbocycles. The van der Waals surface area contributed by atoms with Crippen molar-refractivity contribution >= 4 is 0 Å². The molecule has 0 aromatic heterocycles. The van der Waals surface area contributed by atoms with Gasteiger partial charge in [0.2, 0.25) is 0 Å². The Morgan fingerprint density at radius 1 is 0.868 bits per heavy atom. The topological polar surface area (TPSA) is 256 Å². The molecule has 0 spiro atoms. The van der Waals surface area contributed by atoms with Crippen LogP contribution in [0.2, 0.25) is 0 Å². The summed E-state index contributed by atoms with van der Waals surface area (Å²) < 4.78 is 12.2. The first-order valence-electron chi connectivity index (χ1n) is 13.6. The smallest absolute Gasteiger partial charge is 0.108 e. The van der Waals surface area contributed by atoms with E-state index in [1.165, 1.54) is 0 Å². The summed E-state index contributed by atoms with van der Waals surface area (Å²) in [6, 6.07) is -2.96. The molecular formula is C24H48N4O10. The summed E-state index contributed by atoms with van der Waals surface area (Å²) in [5, 5.41) is 86.9. The number of nitrogens with two attached hydrogens (primary N) is 2. The quantitative estimate of drug-likeness (QED) is 0.108. The average Bonchev–Trinajstić information content (AvgIpc) is 2.91. The molecule has 0 bridgehead atoms. The van der Waals surface area contributed by atoms with E-state index in [2.05, 4.69) is 10.6 Å². The zero-order valence-corrected chi connectivity index (χ0v) is 21.7. The molecule has 1 aliphatic carbocycles. The Morgan fingerprint density at radius 3 is 2.21 bits per heavy atom. The molecule has 3 aliphatic rings. The van der Waals surface area contributed by atoms with E-state index in [-0.39, 0.29) is 32.5 Å². The molecule has 3 rings (SSSR count). The Morgan fingerprint density at radius 2 is 1.58 bits per heavy atom. The van der Waals surface area contributed by atoms with Crippen LogP contribution in [0.3, 0.4) is 0 Å². The van der Waals surface area contributed by atoms with Crippen LogP contribution in [0.25, 0.3) is 0 Å². The highest BCUT2D eigenvalue weighted by molar-refractivity contribution is 5.08. The lowest BCUT2D eigenvalue weighted by atomic mass is 9.66. The molecule has 224 valence electrons. The Kier molecular flexibility index (Phi) is 12.5. The fourth-order valence-corrected chi connectivity index (χ4v) is 6.26. The third kappa shape index (κ3) is 7.39. The third-order valence-corrected chi connectivity index (χ3v) is 8.34. The van der Waals surface area contributed by atoms with E-state index in [1.54, 1.807) is 0 Å². The second-order valence-electron chi connectivity index (χ2n) is 11.0. The van der Waals surface area contributed by atoms with Gasteiger partial charge in [0.1, 0.15) is 12.2 Å². The van der Waals surface area contributed by atoms with Gasteiger partial charge >= 0.3 is 0 Å². The zero-order valence-electron chi connectivity index (χ0n) is 21.7. The minimum absolute atomic E-state index is 0.194. The predicted molar refractivity (Wildman–Crippen MR) is 135 cm³/mol. The molecule has 14 nitrogen and oxygen atoms in total. The largest absolute Gasteiger partial charge is 0.395 e. The van der Waals surface area contributed by atoms with Crippen LogP contribution in [-0.4, -0.2) is 153 Å². The fourth-order valence-electron chi connectivity index (χ4n) is 6.26. The highest BCUT2D eigenvalue weighted by Crippen LogP contribution is 2.41. The van der Waals surface area contributed by atoms with E-state index in [1.807, 2.05) is 0 Å². The van der Waals surface area contributed by atoms with E-state index in [0.717, 1.165) is 12.8 Å². The Bertz CT molecular complexity index is 693. The number of aliphatic hydroxyl groups is 8. The molecule has 0 aromatic rings. The fraction of sp³-hybridized carbons (Fsp3) is 1.00. The van der Waals surface area contributed by atoms with Gasteiger partial charge in [0, 0.05) is 37.0 Å². The molecule has 4 unspecified atom stereocenters. The van der Waals surface area contributed by atoms with Gasteiger partial charge in [-0.1, -0.05) is 0 Å². The zero-order chi connectivity index (χ0) is 28.0. The van der Waals surface area contributed by atoms with Crippen molar-refractivity contribution in [2.75, 3.05) is 39.5 Å². The van der Waals surface area contributed by atoms with Gasteiger partial charge in [-0.05, 0) is 25.7 Å². The maximum atomic E-state index is 11.8. The maximum absolute atomic E-state index is 11.8. The second kappa shape index (κ2) is 14.9. The van der Waals surface area contributed by atoms with Crippen LogP contribution < -0.4 is 22.1 Å². The molecule has 3 fully saturated rings. The minimum atomic E-state index is -1.37. The molecule has 2 aliphatic heterocycles. The molecule has 0 radical (unpaired) electrons. The van der Waals surface area contributed by atoms with Crippen molar-refractivity contribution in [3.63, 3.8) is 0 Å². The molecule has 38 heavy (non-hydrogen) atoms. The number of nitrogens with one attached hydrogen (secondary N) is 2. The lowest BCUT2D eigenvalue weighted by Crippen LogP contribution is -2.71. The number of hydrogen-bond donors (Lipinski definition) is 12. The summed E-state index contributed by atoms with van der Waals surface area (Å²) in [7, 11) is 0. The van der Waals surface area contributed by atoms with E-state index in [0.29, 0.717) is 19.4 Å². The van der Waals surface area contributed by atoms with E-state index < -0.39 is 85.3 Å². The second-order valence-corrected chi connectivity index (χ2v) is 11.0. The highest BCUT2D eigenvalue weighted by atomic mass is 16.5. The van der Waals surface area contributed by atoms with Gasteiger partial charge in [-0.15, -0.1) is 0 Å². The Hall–Kier alpha value is -0.560. The molecule has 14 heteroatoms. The van der Waals surface area contributed by atoms with Gasteiger partial charge in [0.15, 0.2) is 0 Å². The summed E-state index contributed by atoms with van der Waals surface area (Å²) in [6.45, 7) is -0.960. The predicted octanol–water partition coefficient (Wildman–Crippen LogP) is -5.69. The minimum Gasteiger partial charge on any atom is -0.395 e. The van der Waals surface area contributed by atoms with Crippen LogP contribution in [0.4, 0.5) is 0 Å². The van der Waals surface area contributed by atoms with E-state index >= 15 is 0 Å². The summed E-state index contributed by atoms with van der Waals surface area (Å²) in [4.78, 5) is 0. The maximum Gasteiger partial charge on any atom is 0.108 e. The number of hydrogen-bond acceptors (Lipinski definition) is 14. The van der Waals surface area contributed by atoms with Crippen molar-refractivity contribution in [1.29, 1.82) is 0 Å². The van der Waals surface area contributed by atoms with Crippen molar-refractivity contribution < 1.29 is 50.3 Å². The molecule has 0 amide bonds. The third-order valence-electron chi connectivity index (χ3n) is 8.34. The lowest BCUT2D eigenvalue weighted by molar-refractivity contribution is -0.232. The van der Waals surface area contributed by atoms with Crippen molar-refractivity contribution in [3.05, 3.63) is 0 Å². The van der Waals surface area contributed by atoms with Crippen LogP contribution in [0.5, 0.6) is 0 Å². The van der Waals surface area contributed by atoms with Crippen molar-refractivity contribution in [2.24, 2.45) is 23.3 Å². The molecule has 2 heterocycles.